The third-order valence-corrected chi connectivity index (χ3v) is 3.79. The van der Waals surface area contributed by atoms with Crippen molar-refractivity contribution in [2.75, 3.05) is 4.90 Å². The van der Waals surface area contributed by atoms with Crippen LogP contribution in [0.15, 0.2) is 62.9 Å². The van der Waals surface area contributed by atoms with E-state index in [9.17, 15) is 9.59 Å². The number of amides is 2. The lowest BCUT2D eigenvalue weighted by molar-refractivity contribution is 0.0926. The summed E-state index contributed by atoms with van der Waals surface area (Å²) in [5, 5.41) is 16.4. The zero-order chi connectivity index (χ0) is 19.6. The van der Waals surface area contributed by atoms with Gasteiger partial charge in [0.25, 0.3) is 11.8 Å². The van der Waals surface area contributed by atoms with Crippen LogP contribution in [-0.2, 0) is 0 Å². The van der Waals surface area contributed by atoms with Crippen molar-refractivity contribution in [2.45, 2.75) is 39.8 Å². The zero-order valence-corrected chi connectivity index (χ0v) is 15.7. The van der Waals surface area contributed by atoms with E-state index in [1.54, 1.807) is 42.5 Å². The third kappa shape index (κ3) is 3.97. The first-order valence-corrected chi connectivity index (χ1v) is 8.81. The van der Waals surface area contributed by atoms with Gasteiger partial charge in [-0.1, -0.05) is 0 Å². The van der Waals surface area contributed by atoms with Gasteiger partial charge in [-0.2, -0.15) is 20.5 Å². The highest BCUT2D eigenvalue weighted by Crippen LogP contribution is 2.32. The van der Waals surface area contributed by atoms with Crippen molar-refractivity contribution >= 4 is 28.9 Å². The van der Waals surface area contributed by atoms with Gasteiger partial charge >= 0.3 is 0 Å². The molecule has 0 N–H and O–H groups in total. The molecule has 7 nitrogen and oxygen atoms in total. The van der Waals surface area contributed by atoms with Gasteiger partial charge in [0.1, 0.15) is 0 Å². The normalized spacial score (nSPS) is 14.4. The van der Waals surface area contributed by atoms with Gasteiger partial charge in [-0.3, -0.25) is 9.59 Å². The molecule has 2 aromatic carbocycles. The smallest absolute Gasteiger partial charge is 0.266 e. The Morgan fingerprint density at radius 1 is 0.704 bits per heavy atom. The minimum Gasteiger partial charge on any atom is -0.268 e. The molecule has 2 amide bonds. The van der Waals surface area contributed by atoms with Gasteiger partial charge in [0.2, 0.25) is 0 Å². The van der Waals surface area contributed by atoms with E-state index >= 15 is 0 Å². The van der Waals surface area contributed by atoms with Crippen molar-refractivity contribution in [3.8, 4) is 0 Å². The maximum atomic E-state index is 12.8. The molecule has 1 aliphatic rings. The van der Waals surface area contributed by atoms with Crippen LogP contribution < -0.4 is 4.90 Å². The molecular weight excluding hydrogens is 342 g/mol. The molecule has 0 aromatic heterocycles. The van der Waals surface area contributed by atoms with Crippen LogP contribution in [-0.4, -0.2) is 23.9 Å². The summed E-state index contributed by atoms with van der Waals surface area (Å²) in [6, 6.07) is 11.9. The summed E-state index contributed by atoms with van der Waals surface area (Å²) in [5.41, 5.74) is 2.42. The fourth-order valence-electron chi connectivity index (χ4n) is 2.56. The van der Waals surface area contributed by atoms with Crippen LogP contribution in [0.3, 0.4) is 0 Å². The van der Waals surface area contributed by atoms with E-state index in [0.29, 0.717) is 28.2 Å². The summed E-state index contributed by atoms with van der Waals surface area (Å²) in [5.74, 6) is -0.716. The lowest BCUT2D eigenvalue weighted by Crippen LogP contribution is -2.29. The molecule has 0 radical (unpaired) electrons. The van der Waals surface area contributed by atoms with Crippen molar-refractivity contribution in [3.63, 3.8) is 0 Å². The highest BCUT2D eigenvalue weighted by Gasteiger charge is 2.36. The predicted molar refractivity (Wildman–Crippen MR) is 103 cm³/mol. The van der Waals surface area contributed by atoms with Crippen molar-refractivity contribution < 1.29 is 9.59 Å². The van der Waals surface area contributed by atoms with E-state index in [1.165, 1.54) is 0 Å². The lowest BCUT2D eigenvalue weighted by atomic mass is 10.1. The van der Waals surface area contributed by atoms with E-state index in [-0.39, 0.29) is 23.9 Å². The standard InChI is InChI=1S/C20H21N5O2/c1-12(2)21-23-14-5-8-16(9-6-14)25-19(26)17-10-7-15(24-22-13(3)4)11-18(17)20(25)27/h5-13H,1-4H3. The summed E-state index contributed by atoms with van der Waals surface area (Å²) in [6.45, 7) is 7.70. The maximum Gasteiger partial charge on any atom is 0.266 e. The van der Waals surface area contributed by atoms with E-state index in [1.807, 2.05) is 27.7 Å². The Kier molecular flexibility index (Phi) is 5.21. The molecule has 0 bridgehead atoms. The number of azo groups is 2. The molecule has 0 fully saturated rings. The molecule has 0 atom stereocenters. The zero-order valence-electron chi connectivity index (χ0n) is 15.7. The predicted octanol–water partition coefficient (Wildman–Crippen LogP) is 5.47. The van der Waals surface area contributed by atoms with Crippen LogP contribution in [0.25, 0.3) is 0 Å². The number of hydrogen-bond acceptors (Lipinski definition) is 6. The van der Waals surface area contributed by atoms with Gasteiger partial charge in [-0.25, -0.2) is 4.90 Å². The maximum absolute atomic E-state index is 12.8. The second-order valence-corrected chi connectivity index (χ2v) is 6.81. The number of carbonyl (C=O) groups excluding carboxylic acids is 2. The Labute approximate surface area is 157 Å². The van der Waals surface area contributed by atoms with Gasteiger partial charge in [0.15, 0.2) is 0 Å². The number of nitrogens with zero attached hydrogens (tertiary/aromatic N) is 5. The molecule has 138 valence electrons. The molecule has 3 rings (SSSR count). The molecule has 1 aliphatic heterocycles. The molecule has 0 saturated heterocycles. The highest BCUT2D eigenvalue weighted by atomic mass is 16.2. The van der Waals surface area contributed by atoms with Gasteiger partial charge in [-0.15, -0.1) is 0 Å². The van der Waals surface area contributed by atoms with Crippen molar-refractivity contribution in [3.05, 3.63) is 53.6 Å². The second kappa shape index (κ2) is 7.57. The number of rotatable bonds is 5. The third-order valence-electron chi connectivity index (χ3n) is 3.79. The number of hydrogen-bond donors (Lipinski definition) is 0. The molecule has 2 aromatic rings. The van der Waals surface area contributed by atoms with Gasteiger partial charge in [0.05, 0.1) is 40.3 Å². The summed E-state index contributed by atoms with van der Waals surface area (Å²) >= 11 is 0. The van der Waals surface area contributed by atoms with E-state index < -0.39 is 0 Å². The molecule has 0 spiro atoms. The summed E-state index contributed by atoms with van der Waals surface area (Å²) in [7, 11) is 0. The fourth-order valence-corrected chi connectivity index (χ4v) is 2.56. The van der Waals surface area contributed by atoms with Gasteiger partial charge < -0.3 is 0 Å². The monoisotopic (exact) mass is 363 g/mol. The Morgan fingerprint density at radius 3 is 1.81 bits per heavy atom. The van der Waals surface area contributed by atoms with Crippen LogP contribution in [0.4, 0.5) is 17.1 Å². The fraction of sp³-hybridized carbons (Fsp3) is 0.300. The first-order valence-electron chi connectivity index (χ1n) is 8.81. The molecule has 27 heavy (non-hydrogen) atoms. The van der Waals surface area contributed by atoms with Crippen molar-refractivity contribution in [2.24, 2.45) is 20.5 Å². The minimum absolute atomic E-state index is 0.0541. The number of fused-ring (bicyclic) bond motifs is 1. The van der Waals surface area contributed by atoms with Crippen molar-refractivity contribution in [1.82, 2.24) is 0 Å². The Bertz CT molecular complexity index is 930. The van der Waals surface area contributed by atoms with Gasteiger partial charge in [-0.05, 0) is 70.2 Å². The molecular formula is C20H21N5O2. The number of anilines is 1. The Morgan fingerprint density at radius 2 is 1.22 bits per heavy atom. The quantitative estimate of drug-likeness (QED) is 0.521. The van der Waals surface area contributed by atoms with E-state index in [4.69, 9.17) is 0 Å². The van der Waals surface area contributed by atoms with E-state index in [0.717, 1.165) is 4.90 Å². The first kappa shape index (κ1) is 18.6. The van der Waals surface area contributed by atoms with Crippen LogP contribution >= 0.6 is 0 Å². The largest absolute Gasteiger partial charge is 0.268 e. The average molecular weight is 363 g/mol. The summed E-state index contributed by atoms with van der Waals surface area (Å²) in [6.07, 6.45) is 0. The molecule has 0 unspecified atom stereocenters. The molecule has 0 saturated carbocycles. The van der Waals surface area contributed by atoms with E-state index in [2.05, 4.69) is 20.5 Å². The Hall–Kier alpha value is -3.22. The van der Waals surface area contributed by atoms with Gasteiger partial charge in [0, 0.05) is 0 Å². The number of benzene rings is 2. The number of imide groups is 1. The average Bonchev–Trinajstić information content (AvgIpc) is 2.89. The summed E-state index contributed by atoms with van der Waals surface area (Å²) < 4.78 is 0. The van der Waals surface area contributed by atoms with Crippen molar-refractivity contribution in [1.29, 1.82) is 0 Å². The summed E-state index contributed by atoms with van der Waals surface area (Å²) in [4.78, 5) is 26.6. The molecule has 7 heteroatoms. The Balaban J connectivity index is 1.87. The first-order chi connectivity index (χ1) is 12.9. The second-order valence-electron chi connectivity index (χ2n) is 6.81. The van der Waals surface area contributed by atoms with Crippen LogP contribution in [0, 0.1) is 0 Å². The minimum atomic E-state index is -0.367. The topological polar surface area (TPSA) is 86.8 Å². The molecule has 0 aliphatic carbocycles. The SMILES string of the molecule is CC(C)N=Nc1ccc(N2C(=O)c3ccc(N=NC(C)C)cc3C2=O)cc1. The lowest BCUT2D eigenvalue weighted by Gasteiger charge is -2.13. The number of carbonyl (C=O) groups is 2. The van der Waals surface area contributed by atoms with Crippen LogP contribution in [0.1, 0.15) is 48.4 Å². The van der Waals surface area contributed by atoms with Crippen LogP contribution in [0.2, 0.25) is 0 Å². The highest BCUT2D eigenvalue weighted by molar-refractivity contribution is 6.34. The molecule has 1 heterocycles. The van der Waals surface area contributed by atoms with Crippen LogP contribution in [0.5, 0.6) is 0 Å².